The predicted molar refractivity (Wildman–Crippen MR) is 83.2 cm³/mol. The number of Topliss-reactive ketones (excluding diaryl/α,β-unsaturated/α-hetero) is 1. The molecule has 1 aromatic carbocycles. The van der Waals surface area contributed by atoms with Crippen molar-refractivity contribution in [1.29, 1.82) is 0 Å². The zero-order valence-electron chi connectivity index (χ0n) is 12.6. The summed E-state index contributed by atoms with van der Waals surface area (Å²) in [7, 11) is 0. The van der Waals surface area contributed by atoms with Crippen LogP contribution >= 0.6 is 11.8 Å². The molecule has 0 saturated heterocycles. The van der Waals surface area contributed by atoms with Crippen LogP contribution in [0.5, 0.6) is 0 Å². The van der Waals surface area contributed by atoms with Crippen LogP contribution in [0.3, 0.4) is 0 Å². The first-order chi connectivity index (χ1) is 10.0. The number of hydrogen-bond donors (Lipinski definition) is 0. The Morgan fingerprint density at radius 1 is 1.33 bits per heavy atom. The highest BCUT2D eigenvalue weighted by Gasteiger charge is 2.13. The smallest absolute Gasteiger partial charge is 0.234 e. The maximum Gasteiger partial charge on any atom is 0.234 e. The van der Waals surface area contributed by atoms with Gasteiger partial charge in [0.1, 0.15) is 5.78 Å². The van der Waals surface area contributed by atoms with Crippen LogP contribution in [0.1, 0.15) is 37.5 Å². The number of nitrogens with zero attached hydrogens (tertiary/aromatic N) is 2. The Morgan fingerprint density at radius 3 is 2.81 bits per heavy atom. The van der Waals surface area contributed by atoms with E-state index in [1.165, 1.54) is 10.5 Å². The summed E-state index contributed by atoms with van der Waals surface area (Å²) in [4.78, 5) is 17.2. The van der Waals surface area contributed by atoms with Crippen molar-refractivity contribution in [2.45, 2.75) is 44.3 Å². The summed E-state index contributed by atoms with van der Waals surface area (Å²) in [5, 5.41) is 3.93. The maximum atomic E-state index is 11.7. The average Bonchev–Trinajstić information content (AvgIpc) is 2.84. The number of aryl methyl sites for hydroxylation is 1. The summed E-state index contributed by atoms with van der Waals surface area (Å²) in [6, 6.07) is 8.19. The van der Waals surface area contributed by atoms with Crippen LogP contribution in [0, 0.1) is 12.8 Å². The van der Waals surface area contributed by atoms with Crippen LogP contribution in [0.4, 0.5) is 0 Å². The number of rotatable bonds is 7. The molecule has 0 spiro atoms. The molecule has 4 nitrogen and oxygen atoms in total. The lowest BCUT2D eigenvalue weighted by Gasteiger charge is -2.02. The molecule has 21 heavy (non-hydrogen) atoms. The first-order valence-electron chi connectivity index (χ1n) is 7.06. The van der Waals surface area contributed by atoms with Gasteiger partial charge in [-0.25, -0.2) is 0 Å². The number of hydrogen-bond acceptors (Lipinski definition) is 5. The first-order valence-corrected chi connectivity index (χ1v) is 8.04. The average molecular weight is 304 g/mol. The molecule has 0 N–H and O–H groups in total. The van der Waals surface area contributed by atoms with E-state index in [1.54, 1.807) is 11.8 Å². The van der Waals surface area contributed by atoms with Gasteiger partial charge in [0.15, 0.2) is 5.82 Å². The van der Waals surface area contributed by atoms with Gasteiger partial charge in [-0.15, -0.1) is 11.8 Å². The molecule has 2 rings (SSSR count). The molecular weight excluding hydrogens is 284 g/mol. The van der Waals surface area contributed by atoms with E-state index in [2.05, 4.69) is 29.2 Å². The van der Waals surface area contributed by atoms with Gasteiger partial charge in [0.2, 0.25) is 5.89 Å². The summed E-state index contributed by atoms with van der Waals surface area (Å²) >= 11 is 1.67. The van der Waals surface area contributed by atoms with Gasteiger partial charge >= 0.3 is 0 Å². The Hall–Kier alpha value is -1.62. The Bertz CT molecular complexity index is 608. The third-order valence-electron chi connectivity index (χ3n) is 2.94. The highest BCUT2D eigenvalue weighted by molar-refractivity contribution is 7.98. The molecule has 0 aliphatic rings. The number of aromatic nitrogens is 2. The lowest BCUT2D eigenvalue weighted by molar-refractivity contribution is -0.119. The summed E-state index contributed by atoms with van der Waals surface area (Å²) in [6.07, 6.45) is 0.788. The second-order valence-electron chi connectivity index (χ2n) is 5.47. The molecule has 0 aliphatic carbocycles. The van der Waals surface area contributed by atoms with Crippen LogP contribution in [-0.2, 0) is 17.0 Å². The van der Waals surface area contributed by atoms with Crippen LogP contribution in [-0.4, -0.2) is 15.9 Å². The second kappa shape index (κ2) is 7.41. The molecular formula is C16H20N2O2S. The van der Waals surface area contributed by atoms with Gasteiger partial charge in [-0.3, -0.25) is 4.79 Å². The van der Waals surface area contributed by atoms with Crippen molar-refractivity contribution in [1.82, 2.24) is 10.1 Å². The fraction of sp³-hybridized carbons (Fsp3) is 0.438. The Morgan fingerprint density at radius 2 is 2.10 bits per heavy atom. The van der Waals surface area contributed by atoms with Crippen LogP contribution in [0.2, 0.25) is 0 Å². The molecule has 0 unspecified atom stereocenters. The van der Waals surface area contributed by atoms with E-state index in [0.717, 1.165) is 0 Å². The number of thioether (sulfide) groups is 1. The monoisotopic (exact) mass is 304 g/mol. The van der Waals surface area contributed by atoms with Crippen molar-refractivity contribution in [2.75, 3.05) is 0 Å². The zero-order chi connectivity index (χ0) is 15.2. The van der Waals surface area contributed by atoms with E-state index >= 15 is 0 Å². The Labute approximate surface area is 129 Å². The van der Waals surface area contributed by atoms with E-state index in [-0.39, 0.29) is 12.2 Å². The van der Waals surface area contributed by atoms with Gasteiger partial charge in [0.25, 0.3) is 0 Å². The van der Waals surface area contributed by atoms with Crippen molar-refractivity contribution in [3.8, 4) is 0 Å². The van der Waals surface area contributed by atoms with Crippen molar-refractivity contribution >= 4 is 17.5 Å². The molecule has 112 valence electrons. The zero-order valence-corrected chi connectivity index (χ0v) is 13.4. The minimum atomic E-state index is 0.145. The molecule has 0 aliphatic heterocycles. The third kappa shape index (κ3) is 5.01. The summed E-state index contributed by atoms with van der Waals surface area (Å²) < 4.78 is 5.14. The summed E-state index contributed by atoms with van der Waals surface area (Å²) in [6.45, 7) is 6.13. The topological polar surface area (TPSA) is 56.0 Å². The van der Waals surface area contributed by atoms with Crippen LogP contribution < -0.4 is 0 Å². The van der Waals surface area contributed by atoms with Crippen LogP contribution in [0.15, 0.2) is 33.7 Å². The lowest BCUT2D eigenvalue weighted by atomic mass is 10.1. The molecule has 1 aromatic heterocycles. The van der Waals surface area contributed by atoms with E-state index in [4.69, 9.17) is 4.52 Å². The standard InChI is InChI=1S/C16H20N2O2S/c1-11(2)8-13(19)9-16-17-15(18-20-16)10-21-14-7-5-4-6-12(14)3/h4-7,11H,8-10H2,1-3H3. The molecule has 2 aromatic rings. The van der Waals surface area contributed by atoms with Crippen molar-refractivity contribution in [3.63, 3.8) is 0 Å². The molecule has 0 amide bonds. The highest BCUT2D eigenvalue weighted by Crippen LogP contribution is 2.24. The summed E-state index contributed by atoms with van der Waals surface area (Å²) in [5.74, 6) is 2.20. The van der Waals surface area contributed by atoms with Gasteiger partial charge in [-0.05, 0) is 24.5 Å². The largest absolute Gasteiger partial charge is 0.339 e. The molecule has 0 atom stereocenters. The van der Waals surface area contributed by atoms with E-state index in [9.17, 15) is 4.79 Å². The molecule has 0 saturated carbocycles. The Balaban J connectivity index is 1.89. The molecule has 0 fully saturated rings. The van der Waals surface area contributed by atoms with Gasteiger partial charge in [0.05, 0.1) is 12.2 Å². The van der Waals surface area contributed by atoms with E-state index in [0.29, 0.717) is 29.8 Å². The normalized spacial score (nSPS) is 11.0. The SMILES string of the molecule is Cc1ccccc1SCc1noc(CC(=O)CC(C)C)n1. The third-order valence-corrected chi connectivity index (χ3v) is 4.12. The van der Waals surface area contributed by atoms with Crippen molar-refractivity contribution in [3.05, 3.63) is 41.5 Å². The fourth-order valence-corrected chi connectivity index (χ4v) is 2.85. The minimum Gasteiger partial charge on any atom is -0.339 e. The molecule has 1 heterocycles. The highest BCUT2D eigenvalue weighted by atomic mass is 32.2. The lowest BCUT2D eigenvalue weighted by Crippen LogP contribution is -2.06. The number of benzene rings is 1. The van der Waals surface area contributed by atoms with Crippen molar-refractivity contribution in [2.24, 2.45) is 5.92 Å². The quantitative estimate of drug-likeness (QED) is 0.728. The molecule has 0 radical (unpaired) electrons. The summed E-state index contributed by atoms with van der Waals surface area (Å²) in [5.41, 5.74) is 1.23. The van der Waals surface area contributed by atoms with Gasteiger partial charge in [0, 0.05) is 11.3 Å². The first kappa shape index (κ1) is 15.8. The number of carbonyl (C=O) groups excluding carboxylic acids is 1. The maximum absolute atomic E-state index is 11.7. The van der Waals surface area contributed by atoms with E-state index < -0.39 is 0 Å². The van der Waals surface area contributed by atoms with Crippen LogP contribution in [0.25, 0.3) is 0 Å². The minimum absolute atomic E-state index is 0.145. The Kier molecular flexibility index (Phi) is 5.56. The van der Waals surface area contributed by atoms with Gasteiger partial charge in [-0.1, -0.05) is 37.2 Å². The van der Waals surface area contributed by atoms with Crippen molar-refractivity contribution < 1.29 is 9.32 Å². The number of ketones is 1. The van der Waals surface area contributed by atoms with E-state index in [1.807, 2.05) is 26.0 Å². The molecule has 5 heteroatoms. The van der Waals surface area contributed by atoms with Gasteiger partial charge in [-0.2, -0.15) is 4.98 Å². The molecule has 0 bridgehead atoms. The van der Waals surface area contributed by atoms with Gasteiger partial charge < -0.3 is 4.52 Å². The fourth-order valence-electron chi connectivity index (χ4n) is 1.98. The number of carbonyl (C=O) groups is 1. The predicted octanol–water partition coefficient (Wildman–Crippen LogP) is 3.83. The second-order valence-corrected chi connectivity index (χ2v) is 6.49.